The number of nitrogens with zero attached hydrogens (tertiary/aromatic N) is 1. The van der Waals surface area contributed by atoms with Gasteiger partial charge in [-0.15, -0.1) is 0 Å². The van der Waals surface area contributed by atoms with Crippen LogP contribution in [0, 0.1) is 0 Å². The average molecular weight is 299 g/mol. The average Bonchev–Trinajstić information content (AvgIpc) is 2.80. The van der Waals surface area contributed by atoms with Gasteiger partial charge in [0.25, 0.3) is 0 Å². The SMILES string of the molecule is Clc1cc2nc(CCC3CCCCO3)[nH]c2cc1Cl. The molecule has 19 heavy (non-hydrogen) atoms. The lowest BCUT2D eigenvalue weighted by Gasteiger charge is -2.21. The third kappa shape index (κ3) is 3.04. The van der Waals surface area contributed by atoms with E-state index in [1.165, 1.54) is 12.8 Å². The Morgan fingerprint density at radius 1 is 1.26 bits per heavy atom. The van der Waals surface area contributed by atoms with E-state index in [2.05, 4.69) is 9.97 Å². The van der Waals surface area contributed by atoms with Crippen LogP contribution in [0.15, 0.2) is 12.1 Å². The second-order valence-corrected chi connectivity index (χ2v) is 5.81. The van der Waals surface area contributed by atoms with Crippen molar-refractivity contribution in [3.8, 4) is 0 Å². The molecule has 0 radical (unpaired) electrons. The molecule has 0 saturated carbocycles. The van der Waals surface area contributed by atoms with Crippen molar-refractivity contribution in [2.24, 2.45) is 0 Å². The molecule has 1 atom stereocenters. The van der Waals surface area contributed by atoms with E-state index in [1.807, 2.05) is 6.07 Å². The van der Waals surface area contributed by atoms with E-state index >= 15 is 0 Å². The van der Waals surface area contributed by atoms with Crippen LogP contribution in [0.25, 0.3) is 11.0 Å². The highest BCUT2D eigenvalue weighted by Crippen LogP contribution is 2.27. The molecule has 0 aliphatic carbocycles. The van der Waals surface area contributed by atoms with Crippen LogP contribution in [0.2, 0.25) is 10.0 Å². The summed E-state index contributed by atoms with van der Waals surface area (Å²) in [6, 6.07) is 3.63. The Kier molecular flexibility index (Phi) is 3.96. The molecule has 1 fully saturated rings. The lowest BCUT2D eigenvalue weighted by atomic mass is 10.0. The highest BCUT2D eigenvalue weighted by molar-refractivity contribution is 6.42. The Bertz CT molecular complexity index is 537. The number of rotatable bonds is 3. The van der Waals surface area contributed by atoms with E-state index in [4.69, 9.17) is 27.9 Å². The molecule has 2 aromatic rings. The predicted octanol–water partition coefficient (Wildman–Crippen LogP) is 4.37. The number of hydrogen-bond donors (Lipinski definition) is 1. The predicted molar refractivity (Wildman–Crippen MR) is 78.0 cm³/mol. The van der Waals surface area contributed by atoms with Crippen molar-refractivity contribution in [1.82, 2.24) is 9.97 Å². The summed E-state index contributed by atoms with van der Waals surface area (Å²) in [7, 11) is 0. The maximum Gasteiger partial charge on any atom is 0.107 e. The molecular formula is C14H16Cl2N2O. The van der Waals surface area contributed by atoms with Crippen LogP contribution >= 0.6 is 23.2 Å². The number of nitrogens with one attached hydrogen (secondary N) is 1. The first-order valence-electron chi connectivity index (χ1n) is 6.67. The van der Waals surface area contributed by atoms with Gasteiger partial charge in [-0.3, -0.25) is 0 Å². The zero-order valence-corrected chi connectivity index (χ0v) is 12.1. The van der Waals surface area contributed by atoms with Crippen molar-refractivity contribution in [2.75, 3.05) is 6.61 Å². The molecule has 0 spiro atoms. The van der Waals surface area contributed by atoms with E-state index in [1.54, 1.807) is 6.07 Å². The first-order chi connectivity index (χ1) is 9.22. The Hall–Kier alpha value is -0.770. The molecule has 102 valence electrons. The van der Waals surface area contributed by atoms with Crippen molar-refractivity contribution in [3.05, 3.63) is 28.0 Å². The summed E-state index contributed by atoms with van der Waals surface area (Å²) in [6.45, 7) is 0.899. The number of H-pyrrole nitrogens is 1. The summed E-state index contributed by atoms with van der Waals surface area (Å²) < 4.78 is 5.73. The molecule has 5 heteroatoms. The van der Waals surface area contributed by atoms with Crippen LogP contribution in [0.5, 0.6) is 0 Å². The Morgan fingerprint density at radius 2 is 2.11 bits per heavy atom. The standard InChI is InChI=1S/C14H16Cl2N2O/c15-10-7-12-13(8-11(10)16)18-14(17-12)5-4-9-3-1-2-6-19-9/h7-9H,1-6H2,(H,17,18). The highest BCUT2D eigenvalue weighted by Gasteiger charge is 2.14. The van der Waals surface area contributed by atoms with Gasteiger partial charge in [0.2, 0.25) is 0 Å². The van der Waals surface area contributed by atoms with Gasteiger partial charge in [0.05, 0.1) is 27.2 Å². The Labute approximate surface area is 122 Å². The maximum absolute atomic E-state index is 6.00. The fraction of sp³-hybridized carbons (Fsp3) is 0.500. The van der Waals surface area contributed by atoms with Crippen LogP contribution in [-0.2, 0) is 11.2 Å². The Morgan fingerprint density at radius 3 is 2.89 bits per heavy atom. The lowest BCUT2D eigenvalue weighted by molar-refractivity contribution is 0.0112. The van der Waals surface area contributed by atoms with Crippen LogP contribution < -0.4 is 0 Å². The minimum atomic E-state index is 0.383. The summed E-state index contributed by atoms with van der Waals surface area (Å²) in [5.41, 5.74) is 1.81. The minimum Gasteiger partial charge on any atom is -0.378 e. The summed E-state index contributed by atoms with van der Waals surface area (Å²) in [4.78, 5) is 7.84. The molecule has 1 unspecified atom stereocenters. The first-order valence-corrected chi connectivity index (χ1v) is 7.43. The molecule has 1 aromatic heterocycles. The molecular weight excluding hydrogens is 283 g/mol. The monoisotopic (exact) mass is 298 g/mol. The quantitative estimate of drug-likeness (QED) is 0.913. The first kappa shape index (κ1) is 13.2. The number of imidazole rings is 1. The van der Waals surface area contributed by atoms with Gasteiger partial charge in [0, 0.05) is 13.0 Å². The summed E-state index contributed by atoms with van der Waals surface area (Å²) in [5.74, 6) is 0.975. The van der Waals surface area contributed by atoms with Gasteiger partial charge in [-0.2, -0.15) is 0 Å². The van der Waals surface area contributed by atoms with Crippen molar-refractivity contribution >= 4 is 34.2 Å². The van der Waals surface area contributed by atoms with Crippen LogP contribution in [-0.4, -0.2) is 22.7 Å². The summed E-state index contributed by atoms with van der Waals surface area (Å²) in [5, 5.41) is 1.10. The molecule has 3 rings (SSSR count). The normalized spacial score (nSPS) is 20.0. The number of ether oxygens (including phenoxy) is 1. The van der Waals surface area contributed by atoms with Crippen molar-refractivity contribution in [1.29, 1.82) is 0 Å². The maximum atomic E-state index is 6.00. The zero-order valence-electron chi connectivity index (χ0n) is 10.6. The van der Waals surface area contributed by atoms with Crippen molar-refractivity contribution in [2.45, 2.75) is 38.2 Å². The molecule has 2 heterocycles. The molecule has 1 aromatic carbocycles. The topological polar surface area (TPSA) is 37.9 Å². The van der Waals surface area contributed by atoms with Crippen LogP contribution in [0.4, 0.5) is 0 Å². The number of aryl methyl sites for hydroxylation is 1. The smallest absolute Gasteiger partial charge is 0.107 e. The molecule has 1 aliphatic heterocycles. The van der Waals surface area contributed by atoms with E-state index in [-0.39, 0.29) is 0 Å². The highest BCUT2D eigenvalue weighted by atomic mass is 35.5. The molecule has 1 N–H and O–H groups in total. The van der Waals surface area contributed by atoms with E-state index < -0.39 is 0 Å². The largest absolute Gasteiger partial charge is 0.378 e. The zero-order chi connectivity index (χ0) is 13.2. The molecule has 1 saturated heterocycles. The van der Waals surface area contributed by atoms with E-state index in [0.717, 1.165) is 42.7 Å². The number of aromatic amines is 1. The molecule has 0 bridgehead atoms. The Balaban J connectivity index is 1.70. The van der Waals surface area contributed by atoms with Crippen molar-refractivity contribution in [3.63, 3.8) is 0 Å². The number of halogens is 2. The van der Waals surface area contributed by atoms with Gasteiger partial charge < -0.3 is 9.72 Å². The van der Waals surface area contributed by atoms with Gasteiger partial charge in [0.15, 0.2) is 0 Å². The van der Waals surface area contributed by atoms with Gasteiger partial charge in [-0.05, 0) is 37.8 Å². The number of aromatic nitrogens is 2. The van der Waals surface area contributed by atoms with Crippen LogP contribution in [0.3, 0.4) is 0 Å². The summed E-state index contributed by atoms with van der Waals surface area (Å²) >= 11 is 12.0. The summed E-state index contributed by atoms with van der Waals surface area (Å²) in [6.07, 6.45) is 5.93. The molecule has 1 aliphatic rings. The van der Waals surface area contributed by atoms with Gasteiger partial charge in [-0.25, -0.2) is 4.98 Å². The lowest BCUT2D eigenvalue weighted by Crippen LogP contribution is -2.19. The van der Waals surface area contributed by atoms with Crippen LogP contribution in [0.1, 0.15) is 31.5 Å². The fourth-order valence-corrected chi connectivity index (χ4v) is 2.83. The van der Waals surface area contributed by atoms with E-state index in [9.17, 15) is 0 Å². The number of hydrogen-bond acceptors (Lipinski definition) is 2. The number of fused-ring (bicyclic) bond motifs is 1. The second-order valence-electron chi connectivity index (χ2n) is 4.99. The second kappa shape index (κ2) is 5.70. The molecule has 0 amide bonds. The third-order valence-corrected chi connectivity index (χ3v) is 4.27. The van der Waals surface area contributed by atoms with Gasteiger partial charge in [-0.1, -0.05) is 23.2 Å². The third-order valence-electron chi connectivity index (χ3n) is 3.55. The minimum absolute atomic E-state index is 0.383. The van der Waals surface area contributed by atoms with Gasteiger partial charge >= 0.3 is 0 Å². The van der Waals surface area contributed by atoms with E-state index in [0.29, 0.717) is 16.1 Å². The van der Waals surface area contributed by atoms with Gasteiger partial charge in [0.1, 0.15) is 5.82 Å². The fourth-order valence-electron chi connectivity index (χ4n) is 2.51. The number of benzene rings is 1. The molecule has 3 nitrogen and oxygen atoms in total. The van der Waals surface area contributed by atoms with Crippen molar-refractivity contribution < 1.29 is 4.74 Å².